The van der Waals surface area contributed by atoms with Crippen LogP contribution in [0.4, 0.5) is 0 Å². The molecule has 0 amide bonds. The van der Waals surface area contributed by atoms with Gasteiger partial charge >= 0.3 is 0 Å². The topological polar surface area (TPSA) is 0 Å². The lowest BCUT2D eigenvalue weighted by molar-refractivity contribution is 0.176. The van der Waals surface area contributed by atoms with Crippen LogP contribution in [0.15, 0.2) is 54.6 Å². The van der Waals surface area contributed by atoms with Crippen molar-refractivity contribution in [3.05, 3.63) is 71.3 Å². The van der Waals surface area contributed by atoms with Crippen molar-refractivity contribution >= 4 is 0 Å². The van der Waals surface area contributed by atoms with E-state index in [2.05, 4.69) is 110 Å². The Morgan fingerprint density at radius 3 is 1.64 bits per heavy atom. The van der Waals surface area contributed by atoms with Crippen molar-refractivity contribution in [2.75, 3.05) is 0 Å². The zero-order valence-electron chi connectivity index (χ0n) is 19.5. The quantitative estimate of drug-likeness (QED) is 0.454. The maximum absolute atomic E-state index is 2.42. The SMILES string of the molecule is CCC(Cc1ccc(C(C(C)(C)C)C(C)(C)C)cc1)C(C)Cc1ccccc1. The van der Waals surface area contributed by atoms with E-state index in [0.29, 0.717) is 11.8 Å². The Labute approximate surface area is 174 Å². The summed E-state index contributed by atoms with van der Waals surface area (Å²) in [5.41, 5.74) is 4.94. The van der Waals surface area contributed by atoms with Gasteiger partial charge in [0.2, 0.25) is 0 Å². The van der Waals surface area contributed by atoms with Gasteiger partial charge in [0.15, 0.2) is 0 Å². The third-order valence-corrected chi connectivity index (χ3v) is 6.27. The molecule has 0 saturated carbocycles. The van der Waals surface area contributed by atoms with Gasteiger partial charge in [-0.3, -0.25) is 0 Å². The highest BCUT2D eigenvalue weighted by molar-refractivity contribution is 5.28. The van der Waals surface area contributed by atoms with Crippen molar-refractivity contribution in [3.63, 3.8) is 0 Å². The molecule has 2 atom stereocenters. The van der Waals surface area contributed by atoms with E-state index in [1.807, 2.05) is 0 Å². The van der Waals surface area contributed by atoms with Gasteiger partial charge in [0.05, 0.1) is 0 Å². The first kappa shape index (κ1) is 22.7. The summed E-state index contributed by atoms with van der Waals surface area (Å²) in [6.07, 6.45) is 3.59. The van der Waals surface area contributed by atoms with E-state index in [1.165, 1.54) is 36.0 Å². The summed E-state index contributed by atoms with van der Waals surface area (Å²) in [6, 6.07) is 20.5. The molecular weight excluding hydrogens is 336 g/mol. The zero-order chi connectivity index (χ0) is 20.9. The molecule has 0 aliphatic heterocycles. The zero-order valence-corrected chi connectivity index (χ0v) is 19.5. The molecule has 0 heterocycles. The summed E-state index contributed by atoms with van der Waals surface area (Å²) in [4.78, 5) is 0. The van der Waals surface area contributed by atoms with Crippen LogP contribution in [0.5, 0.6) is 0 Å². The average Bonchev–Trinajstić information content (AvgIpc) is 2.59. The van der Waals surface area contributed by atoms with Gasteiger partial charge in [0, 0.05) is 0 Å². The highest BCUT2D eigenvalue weighted by Crippen LogP contribution is 2.47. The molecule has 0 nitrogen and oxygen atoms in total. The molecule has 2 aromatic rings. The third kappa shape index (κ3) is 6.23. The Morgan fingerprint density at radius 2 is 1.18 bits per heavy atom. The molecule has 0 aliphatic carbocycles. The van der Waals surface area contributed by atoms with Crippen molar-refractivity contribution < 1.29 is 0 Å². The summed E-state index contributed by atoms with van der Waals surface area (Å²) >= 11 is 0. The molecule has 0 heteroatoms. The van der Waals surface area contributed by atoms with Crippen LogP contribution in [0.25, 0.3) is 0 Å². The molecule has 0 radical (unpaired) electrons. The number of benzene rings is 2. The van der Waals surface area contributed by atoms with Crippen LogP contribution in [0.3, 0.4) is 0 Å². The fraction of sp³-hybridized carbons (Fsp3) is 0.571. The minimum atomic E-state index is 0.260. The fourth-order valence-electron chi connectivity index (χ4n) is 5.35. The number of hydrogen-bond donors (Lipinski definition) is 0. The largest absolute Gasteiger partial charge is 0.0651 e. The molecule has 0 aliphatic rings. The molecule has 0 saturated heterocycles. The standard InChI is InChI=1S/C28H42/c1-9-24(21(2)19-22-13-11-10-12-14-22)20-23-15-17-25(18-16-23)26(27(3,4)5)28(6,7)8/h10-18,21,24,26H,9,19-20H2,1-8H3. The van der Waals surface area contributed by atoms with E-state index in [-0.39, 0.29) is 10.8 Å². The second-order valence-corrected chi connectivity index (χ2v) is 10.9. The lowest BCUT2D eigenvalue weighted by atomic mass is 9.63. The maximum Gasteiger partial charge on any atom is -0.00646 e. The van der Waals surface area contributed by atoms with Crippen molar-refractivity contribution in [1.29, 1.82) is 0 Å². The smallest absolute Gasteiger partial charge is 0.00646 e. The number of hydrogen-bond acceptors (Lipinski definition) is 0. The minimum Gasteiger partial charge on any atom is -0.0651 e. The van der Waals surface area contributed by atoms with E-state index in [9.17, 15) is 0 Å². The van der Waals surface area contributed by atoms with Crippen molar-refractivity contribution in [2.24, 2.45) is 22.7 Å². The monoisotopic (exact) mass is 378 g/mol. The molecule has 0 spiro atoms. The van der Waals surface area contributed by atoms with Crippen LogP contribution in [0, 0.1) is 22.7 Å². The highest BCUT2D eigenvalue weighted by Gasteiger charge is 2.35. The van der Waals surface area contributed by atoms with Crippen LogP contribution in [0.1, 0.15) is 84.4 Å². The van der Waals surface area contributed by atoms with Gasteiger partial charge in [0.1, 0.15) is 0 Å². The normalized spacial score (nSPS) is 14.9. The molecule has 0 fully saturated rings. The molecule has 28 heavy (non-hydrogen) atoms. The molecular formula is C28H42. The van der Waals surface area contributed by atoms with Crippen LogP contribution in [-0.2, 0) is 12.8 Å². The molecule has 0 aromatic heterocycles. The average molecular weight is 379 g/mol. The van der Waals surface area contributed by atoms with E-state index in [1.54, 1.807) is 0 Å². The molecule has 2 aromatic carbocycles. The second-order valence-electron chi connectivity index (χ2n) is 10.9. The summed E-state index contributed by atoms with van der Waals surface area (Å²) in [6.45, 7) is 19.0. The highest BCUT2D eigenvalue weighted by atomic mass is 14.4. The van der Waals surface area contributed by atoms with Crippen LogP contribution in [-0.4, -0.2) is 0 Å². The Morgan fingerprint density at radius 1 is 0.679 bits per heavy atom. The Kier molecular flexibility index (Phi) is 7.54. The Hall–Kier alpha value is -1.56. The summed E-state index contributed by atoms with van der Waals surface area (Å²) in [5.74, 6) is 1.98. The maximum atomic E-state index is 2.42. The summed E-state index contributed by atoms with van der Waals surface area (Å²) in [5, 5.41) is 0. The van der Waals surface area contributed by atoms with Gasteiger partial charge in [-0.1, -0.05) is 116 Å². The van der Waals surface area contributed by atoms with E-state index in [0.717, 1.165) is 5.92 Å². The Balaban J connectivity index is 2.11. The first-order valence-corrected chi connectivity index (χ1v) is 11.1. The predicted octanol–water partition coefficient (Wildman–Crippen LogP) is 8.31. The van der Waals surface area contributed by atoms with Gasteiger partial charge in [-0.25, -0.2) is 0 Å². The third-order valence-electron chi connectivity index (χ3n) is 6.27. The van der Waals surface area contributed by atoms with E-state index in [4.69, 9.17) is 0 Å². The Bertz CT molecular complexity index is 680. The molecule has 0 N–H and O–H groups in total. The predicted molar refractivity (Wildman–Crippen MR) is 125 cm³/mol. The molecule has 0 bridgehead atoms. The van der Waals surface area contributed by atoms with Crippen LogP contribution < -0.4 is 0 Å². The second kappa shape index (κ2) is 9.29. The summed E-state index contributed by atoms with van der Waals surface area (Å²) < 4.78 is 0. The van der Waals surface area contributed by atoms with Gasteiger partial charge in [0.25, 0.3) is 0 Å². The molecule has 154 valence electrons. The van der Waals surface area contributed by atoms with Gasteiger partial charge in [-0.05, 0) is 58.1 Å². The van der Waals surface area contributed by atoms with E-state index >= 15 is 0 Å². The lowest BCUT2D eigenvalue weighted by Gasteiger charge is -2.41. The molecule has 2 rings (SSSR count). The number of rotatable bonds is 7. The van der Waals surface area contributed by atoms with Crippen molar-refractivity contribution in [1.82, 2.24) is 0 Å². The fourth-order valence-corrected chi connectivity index (χ4v) is 5.35. The first-order valence-electron chi connectivity index (χ1n) is 11.1. The molecule has 2 unspecified atom stereocenters. The van der Waals surface area contributed by atoms with Crippen LogP contribution in [0.2, 0.25) is 0 Å². The van der Waals surface area contributed by atoms with Gasteiger partial charge in [-0.15, -0.1) is 0 Å². The summed E-state index contributed by atoms with van der Waals surface area (Å²) in [7, 11) is 0. The first-order chi connectivity index (χ1) is 13.0. The van der Waals surface area contributed by atoms with Gasteiger partial charge in [-0.2, -0.15) is 0 Å². The van der Waals surface area contributed by atoms with Crippen molar-refractivity contribution in [2.45, 2.75) is 80.6 Å². The van der Waals surface area contributed by atoms with Crippen molar-refractivity contribution in [3.8, 4) is 0 Å². The lowest BCUT2D eigenvalue weighted by Crippen LogP contribution is -2.30. The van der Waals surface area contributed by atoms with E-state index < -0.39 is 0 Å². The van der Waals surface area contributed by atoms with Gasteiger partial charge < -0.3 is 0 Å². The minimum absolute atomic E-state index is 0.260. The van der Waals surface area contributed by atoms with Crippen LogP contribution >= 0.6 is 0 Å².